The van der Waals surface area contributed by atoms with Crippen LogP contribution < -0.4 is 21.7 Å². The second-order valence-corrected chi connectivity index (χ2v) is 28.8. The third kappa shape index (κ3) is 40.4. The van der Waals surface area contributed by atoms with E-state index in [4.69, 9.17) is 83.1 Å². The summed E-state index contributed by atoms with van der Waals surface area (Å²) < 4.78 is 78.7. The molecular weight excluding hydrogens is 1550 g/mol. The Morgan fingerprint density at radius 1 is 0.447 bits per heavy atom. The quantitative estimate of drug-likeness (QED) is 0.00810. The number of halogens is 1. The van der Waals surface area contributed by atoms with Crippen molar-refractivity contribution in [2.45, 2.75) is 140 Å². The molecule has 6 N–H and O–H groups in total. The van der Waals surface area contributed by atoms with Gasteiger partial charge in [0.1, 0.15) is 37.6 Å². The van der Waals surface area contributed by atoms with Gasteiger partial charge in [-0.15, -0.1) is 0 Å². The van der Waals surface area contributed by atoms with Crippen molar-refractivity contribution in [3.05, 3.63) is 164 Å². The normalized spacial score (nSPS) is 20.6. The molecule has 0 aliphatic carbocycles. The third-order valence-corrected chi connectivity index (χ3v) is 17.0. The lowest BCUT2D eigenvalue weighted by Crippen LogP contribution is -2.46. The number of alkyl halides is 1. The van der Waals surface area contributed by atoms with Gasteiger partial charge in [0.2, 0.25) is 0 Å². The molecule has 0 radical (unpaired) electrons. The van der Waals surface area contributed by atoms with E-state index >= 15 is 0 Å². The van der Waals surface area contributed by atoms with Crippen molar-refractivity contribution in [2.75, 3.05) is 166 Å². The SMILES string of the molecule is COCCBr.COCCO[C@H]1CN(C(=O)OCc2ccccc2)C[C@@H]1N.COCCO[C@H]1CN(C(=O)OCc2ccccc2)C[C@@H]1N=[N+]=[N-].COCCO[C@H]1CN(C(=O)OCc2ccccc2)C[C@@H]1NC(=O)OC(C)(C)C.COCCO[C@H]1CNC[C@@H]1NC(=O)OC(C)(C)C.[N-]=[N+]=N[C@H]1CN(C(=O)OCc2ccccc2)C[C@@H]1O. The molecule has 4 aromatic carbocycles. The van der Waals surface area contributed by atoms with Crippen molar-refractivity contribution < 1.29 is 105 Å². The minimum Gasteiger partial charge on any atom is -0.445 e. The minimum atomic E-state index is -0.833. The number of carbonyl (C=O) groups excluding carboxylic acids is 6. The number of amides is 6. The number of hydrogen-bond acceptors (Lipinski definition) is 26. The van der Waals surface area contributed by atoms with Crippen LogP contribution >= 0.6 is 15.9 Å². The van der Waals surface area contributed by atoms with Gasteiger partial charge < -0.3 is 117 Å². The van der Waals surface area contributed by atoms with Crippen molar-refractivity contribution in [3.8, 4) is 0 Å². The number of alkyl carbamates (subject to hydrolysis) is 2. The van der Waals surface area contributed by atoms with E-state index in [1.807, 2.05) is 142 Å². The fourth-order valence-electron chi connectivity index (χ4n) is 11.0. The van der Waals surface area contributed by atoms with Crippen LogP contribution in [0.3, 0.4) is 0 Å². The second kappa shape index (κ2) is 55.6. The largest absolute Gasteiger partial charge is 0.445 e. The number of benzene rings is 4. The van der Waals surface area contributed by atoms with Gasteiger partial charge in [-0.05, 0) is 74.9 Å². The zero-order valence-corrected chi connectivity index (χ0v) is 68.8. The average molecular weight is 1670 g/mol. The van der Waals surface area contributed by atoms with Gasteiger partial charge in [0.15, 0.2) is 0 Å². The molecule has 0 unspecified atom stereocenters. The summed E-state index contributed by atoms with van der Waals surface area (Å²) in [6, 6.07) is 36.1. The number of likely N-dealkylation sites (tertiary alicyclic amines) is 4. The van der Waals surface area contributed by atoms with E-state index in [1.165, 1.54) is 14.7 Å². The summed E-state index contributed by atoms with van der Waals surface area (Å²) in [4.78, 5) is 83.5. The molecule has 6 amide bonds. The smallest absolute Gasteiger partial charge is 0.410 e. The molecule has 5 heterocycles. The molecule has 0 aromatic heterocycles. The fourth-order valence-corrected chi connectivity index (χ4v) is 11.4. The van der Waals surface area contributed by atoms with Crippen molar-refractivity contribution in [1.82, 2.24) is 35.6 Å². The first-order valence-corrected chi connectivity index (χ1v) is 38.4. The summed E-state index contributed by atoms with van der Waals surface area (Å²) in [6.45, 7) is 20.1. The molecule has 5 saturated heterocycles. The summed E-state index contributed by atoms with van der Waals surface area (Å²) in [7, 11) is 8.09. The van der Waals surface area contributed by atoms with Crippen LogP contribution in [0.4, 0.5) is 28.8 Å². The molecular formula is C77H117BrN14O22. The van der Waals surface area contributed by atoms with E-state index in [0.29, 0.717) is 85.6 Å². The van der Waals surface area contributed by atoms with Gasteiger partial charge in [0, 0.05) is 90.0 Å². The number of nitrogens with one attached hydrogen (secondary N) is 3. The molecule has 0 bridgehead atoms. The molecule has 5 aliphatic heterocycles. The number of nitrogens with zero attached hydrogens (tertiary/aromatic N) is 10. The molecule has 10 atom stereocenters. The molecule has 634 valence electrons. The number of carbonyl (C=O) groups is 6. The highest BCUT2D eigenvalue weighted by Crippen LogP contribution is 2.22. The topological polar surface area (TPSA) is 434 Å². The van der Waals surface area contributed by atoms with Gasteiger partial charge in [-0.1, -0.05) is 147 Å². The lowest BCUT2D eigenvalue weighted by atomic mass is 10.2. The standard InChI is InChI=1S/C20H30N2O6.C15H20N4O4.C15H22N2O4.C12H14N4O3.C12H24N2O4.C3H7BrO/c1-20(2,3)28-18(23)21-16-12-22(13-17(16)26-11-10-25-4)19(24)27-14-15-8-6-5-7-9-15;1-21-7-8-22-14-10-19(9-13(14)17-18-16)15(20)23-11-12-5-3-2-4-6-12;1-19-7-8-20-14-10-17(9-13(14)16)15(18)21-11-12-5-3-2-4-6-12;13-15-14-10-6-16(7-11(10)17)12(18)19-8-9-4-2-1-3-5-9;1-12(2,3)18-11(15)14-9-7-13-8-10(9)17-6-5-16-4;1-5-3-2-4/h5-9,16-17H,10-14H2,1-4H3,(H,21,23);2-6,13-14H,7-11H2,1H3;2-6,13-14H,7-11,16H2,1H3;1-5,10-11,17H,6-8H2;9-10,13H,5-8H2,1-4H3,(H,14,15);2-3H2,1H3/t16-,17-;2*13-,14-;10-,11-;9-,10-;/m00000./s1. The maximum atomic E-state index is 12.4. The first kappa shape index (κ1) is 97.5. The summed E-state index contributed by atoms with van der Waals surface area (Å²) in [6.07, 6.45) is -4.45. The monoisotopic (exact) mass is 1670 g/mol. The fraction of sp³-hybridized carbons (Fsp3) is 0.610. The summed E-state index contributed by atoms with van der Waals surface area (Å²) in [5, 5.41) is 26.5. The Morgan fingerprint density at radius 2 is 0.781 bits per heavy atom. The van der Waals surface area contributed by atoms with Gasteiger partial charge in [0.25, 0.3) is 0 Å². The van der Waals surface area contributed by atoms with E-state index in [-0.39, 0.29) is 95.2 Å². The van der Waals surface area contributed by atoms with E-state index in [9.17, 15) is 33.9 Å². The third-order valence-electron chi connectivity index (χ3n) is 16.6. The number of methoxy groups -OCH3 is 5. The van der Waals surface area contributed by atoms with E-state index in [2.05, 4.69) is 56.7 Å². The Hall–Kier alpha value is -8.88. The van der Waals surface area contributed by atoms with Gasteiger partial charge >= 0.3 is 36.6 Å². The lowest BCUT2D eigenvalue weighted by molar-refractivity contribution is 0.00628. The maximum absolute atomic E-state index is 12.4. The second-order valence-electron chi connectivity index (χ2n) is 28.0. The van der Waals surface area contributed by atoms with Crippen LogP contribution in [0.2, 0.25) is 0 Å². The highest BCUT2D eigenvalue weighted by Gasteiger charge is 2.41. The summed E-state index contributed by atoms with van der Waals surface area (Å²) >= 11 is 3.18. The molecule has 114 heavy (non-hydrogen) atoms. The Labute approximate surface area is 676 Å². The number of rotatable bonds is 30. The molecule has 0 spiro atoms. The van der Waals surface area contributed by atoms with Crippen LogP contribution in [0, 0.1) is 0 Å². The van der Waals surface area contributed by atoms with Gasteiger partial charge in [-0.25, -0.2) is 28.8 Å². The van der Waals surface area contributed by atoms with Crippen LogP contribution in [0.1, 0.15) is 63.8 Å². The summed E-state index contributed by atoms with van der Waals surface area (Å²) in [5.41, 5.74) is 25.5. The number of hydrogen-bond donors (Lipinski definition) is 5. The first-order valence-electron chi connectivity index (χ1n) is 37.3. The molecule has 4 aromatic rings. The highest BCUT2D eigenvalue weighted by molar-refractivity contribution is 9.09. The van der Waals surface area contributed by atoms with Crippen LogP contribution in [0.15, 0.2) is 132 Å². The van der Waals surface area contributed by atoms with E-state index in [0.717, 1.165) is 40.7 Å². The molecule has 5 fully saturated rings. The number of aliphatic hydroxyl groups excluding tert-OH is 1. The number of ether oxygens (including phenoxy) is 15. The molecule has 37 heteroatoms. The van der Waals surface area contributed by atoms with Crippen molar-refractivity contribution >= 4 is 52.5 Å². The zero-order valence-electron chi connectivity index (χ0n) is 67.2. The Kier molecular flexibility index (Phi) is 47.5. The van der Waals surface area contributed by atoms with Crippen LogP contribution in [-0.4, -0.2) is 299 Å². The van der Waals surface area contributed by atoms with Gasteiger partial charge in [0.05, 0.1) is 146 Å². The highest BCUT2D eigenvalue weighted by atomic mass is 79.9. The van der Waals surface area contributed by atoms with Crippen molar-refractivity contribution in [2.24, 2.45) is 16.0 Å². The molecule has 5 aliphatic rings. The number of nitrogens with two attached hydrogens (primary N) is 1. The molecule has 36 nitrogen and oxygen atoms in total. The maximum Gasteiger partial charge on any atom is 0.410 e. The first-order chi connectivity index (χ1) is 54.8. The Balaban J connectivity index is 0.000000298. The molecule has 0 saturated carbocycles. The Morgan fingerprint density at radius 3 is 1.17 bits per heavy atom. The summed E-state index contributed by atoms with van der Waals surface area (Å²) in [5.74, 6) is 0. The number of azide groups is 2. The number of aliphatic hydroxyl groups is 1. The van der Waals surface area contributed by atoms with Gasteiger partial charge in [-0.3, -0.25) is 0 Å². The lowest BCUT2D eigenvalue weighted by Gasteiger charge is -2.24. The minimum absolute atomic E-state index is 0.0346. The predicted octanol–water partition coefficient (Wildman–Crippen LogP) is 9.13. The van der Waals surface area contributed by atoms with Crippen LogP contribution in [0.5, 0.6) is 0 Å². The number of β-amino-alcohol motifs (C(OH)–C–C–N with tert-alkyl or cyclic N) is 1. The van der Waals surface area contributed by atoms with Gasteiger partial charge in [-0.2, -0.15) is 0 Å². The molecule has 9 rings (SSSR count). The predicted molar refractivity (Wildman–Crippen MR) is 424 cm³/mol. The van der Waals surface area contributed by atoms with E-state index in [1.54, 1.807) is 61.2 Å². The van der Waals surface area contributed by atoms with Crippen LogP contribution in [0.25, 0.3) is 20.9 Å². The van der Waals surface area contributed by atoms with Crippen molar-refractivity contribution in [3.63, 3.8) is 0 Å². The van der Waals surface area contributed by atoms with Crippen molar-refractivity contribution in [1.29, 1.82) is 0 Å². The van der Waals surface area contributed by atoms with E-state index < -0.39 is 65.9 Å². The Bertz CT molecular complexity index is 3440. The average Bonchev–Trinajstić information content (AvgIpc) is 1.69. The van der Waals surface area contributed by atoms with Crippen LogP contribution in [-0.2, 0) is 97.5 Å². The zero-order chi connectivity index (χ0) is 83.5.